The Morgan fingerprint density at radius 3 is 2.20 bits per heavy atom. The first kappa shape index (κ1) is 16.1. The molecule has 0 aromatic heterocycles. The van der Waals surface area contributed by atoms with Crippen molar-refractivity contribution in [2.75, 3.05) is 35.0 Å². The van der Waals surface area contributed by atoms with Gasteiger partial charge in [0.1, 0.15) is 6.04 Å². The van der Waals surface area contributed by atoms with Crippen LogP contribution in [0.3, 0.4) is 0 Å². The summed E-state index contributed by atoms with van der Waals surface area (Å²) in [6.07, 6.45) is 0. The number of likely N-dealkylation sites (N-methyl/N-ethyl adjacent to an activating group) is 1. The molecule has 1 aromatic carbocycles. The molecule has 0 heterocycles. The van der Waals surface area contributed by atoms with E-state index in [9.17, 15) is 4.79 Å². The Bertz CT molecular complexity index is 461. The SMILES string of the molecule is CCNC(C(=O)OC)c1ccc(OC)c(OC)c1OC. The van der Waals surface area contributed by atoms with Gasteiger partial charge in [-0.2, -0.15) is 0 Å². The molecule has 20 heavy (non-hydrogen) atoms. The van der Waals surface area contributed by atoms with E-state index in [-0.39, 0.29) is 0 Å². The lowest BCUT2D eigenvalue weighted by Crippen LogP contribution is -2.29. The minimum Gasteiger partial charge on any atom is -0.493 e. The van der Waals surface area contributed by atoms with Crippen molar-refractivity contribution < 1.29 is 23.7 Å². The fourth-order valence-corrected chi connectivity index (χ4v) is 1.99. The van der Waals surface area contributed by atoms with Gasteiger partial charge in [-0.3, -0.25) is 0 Å². The lowest BCUT2D eigenvalue weighted by molar-refractivity contribution is -0.143. The van der Waals surface area contributed by atoms with Gasteiger partial charge in [0.05, 0.1) is 28.4 Å². The average molecular weight is 283 g/mol. The van der Waals surface area contributed by atoms with Gasteiger partial charge < -0.3 is 24.3 Å². The van der Waals surface area contributed by atoms with Crippen LogP contribution in [0.25, 0.3) is 0 Å². The van der Waals surface area contributed by atoms with Crippen molar-refractivity contribution in [3.63, 3.8) is 0 Å². The van der Waals surface area contributed by atoms with E-state index in [1.54, 1.807) is 19.2 Å². The lowest BCUT2D eigenvalue weighted by Gasteiger charge is -2.21. The molecular weight excluding hydrogens is 262 g/mol. The van der Waals surface area contributed by atoms with E-state index in [1.807, 2.05) is 6.92 Å². The van der Waals surface area contributed by atoms with E-state index in [1.165, 1.54) is 21.3 Å². The standard InChI is InChI=1S/C14H21NO5/c1-6-15-11(14(16)20-5)9-7-8-10(17-2)13(19-4)12(9)18-3/h7-8,11,15H,6H2,1-5H3. The monoisotopic (exact) mass is 283 g/mol. The first-order chi connectivity index (χ1) is 9.64. The van der Waals surface area contributed by atoms with Crippen LogP contribution >= 0.6 is 0 Å². The number of nitrogens with one attached hydrogen (secondary N) is 1. The Morgan fingerprint density at radius 1 is 1.10 bits per heavy atom. The quantitative estimate of drug-likeness (QED) is 0.766. The number of benzene rings is 1. The molecule has 0 fully saturated rings. The zero-order valence-corrected chi connectivity index (χ0v) is 12.5. The lowest BCUT2D eigenvalue weighted by atomic mass is 10.0. The molecule has 0 aliphatic carbocycles. The van der Waals surface area contributed by atoms with Gasteiger partial charge in [0.15, 0.2) is 11.5 Å². The van der Waals surface area contributed by atoms with E-state index in [0.717, 1.165) is 0 Å². The summed E-state index contributed by atoms with van der Waals surface area (Å²) in [7, 11) is 5.92. The van der Waals surface area contributed by atoms with Crippen LogP contribution in [0.5, 0.6) is 17.2 Å². The molecule has 6 nitrogen and oxygen atoms in total. The predicted molar refractivity (Wildman–Crippen MR) is 74.5 cm³/mol. The van der Waals surface area contributed by atoms with Crippen LogP contribution in [0.15, 0.2) is 12.1 Å². The maximum Gasteiger partial charge on any atom is 0.327 e. The Labute approximate surface area is 119 Å². The summed E-state index contributed by atoms with van der Waals surface area (Å²) in [5, 5.41) is 3.06. The van der Waals surface area contributed by atoms with Crippen LogP contribution in [-0.4, -0.2) is 41.0 Å². The smallest absolute Gasteiger partial charge is 0.327 e. The van der Waals surface area contributed by atoms with Crippen molar-refractivity contribution >= 4 is 5.97 Å². The molecule has 0 bridgehead atoms. The minimum atomic E-state index is -0.625. The zero-order valence-electron chi connectivity index (χ0n) is 12.5. The van der Waals surface area contributed by atoms with E-state index >= 15 is 0 Å². The molecule has 1 rings (SSSR count). The van der Waals surface area contributed by atoms with Crippen molar-refractivity contribution in [1.82, 2.24) is 5.32 Å². The van der Waals surface area contributed by atoms with Crippen LogP contribution < -0.4 is 19.5 Å². The number of esters is 1. The van der Waals surface area contributed by atoms with E-state index < -0.39 is 12.0 Å². The molecule has 0 aliphatic rings. The second-order valence-electron chi connectivity index (χ2n) is 3.94. The summed E-state index contributed by atoms with van der Waals surface area (Å²) in [6.45, 7) is 2.51. The normalized spacial score (nSPS) is 11.7. The number of ether oxygens (including phenoxy) is 4. The van der Waals surface area contributed by atoms with Gasteiger partial charge in [0, 0.05) is 5.56 Å². The summed E-state index contributed by atoms with van der Waals surface area (Å²) in [6, 6.07) is 2.86. The molecule has 0 spiro atoms. The van der Waals surface area contributed by atoms with Gasteiger partial charge >= 0.3 is 5.97 Å². The van der Waals surface area contributed by atoms with Crippen LogP contribution in [0.1, 0.15) is 18.5 Å². The van der Waals surface area contributed by atoms with Crippen molar-refractivity contribution in [1.29, 1.82) is 0 Å². The highest BCUT2D eigenvalue weighted by molar-refractivity contribution is 5.79. The van der Waals surface area contributed by atoms with Crippen molar-refractivity contribution in [3.05, 3.63) is 17.7 Å². The number of carbonyl (C=O) groups is 1. The maximum atomic E-state index is 11.9. The van der Waals surface area contributed by atoms with E-state index in [4.69, 9.17) is 18.9 Å². The van der Waals surface area contributed by atoms with Crippen molar-refractivity contribution in [2.24, 2.45) is 0 Å². The van der Waals surface area contributed by atoms with Crippen LogP contribution in [0.4, 0.5) is 0 Å². The van der Waals surface area contributed by atoms with Crippen molar-refractivity contribution in [2.45, 2.75) is 13.0 Å². The third kappa shape index (κ3) is 3.14. The highest BCUT2D eigenvalue weighted by Gasteiger charge is 2.27. The Hall–Kier alpha value is -1.95. The molecule has 112 valence electrons. The fourth-order valence-electron chi connectivity index (χ4n) is 1.99. The summed E-state index contributed by atoms with van der Waals surface area (Å²) in [4.78, 5) is 11.9. The molecule has 1 N–H and O–H groups in total. The summed E-state index contributed by atoms with van der Waals surface area (Å²) in [5.41, 5.74) is 0.638. The highest BCUT2D eigenvalue weighted by Crippen LogP contribution is 2.42. The molecule has 0 aliphatic heterocycles. The molecule has 1 unspecified atom stereocenters. The molecular formula is C14H21NO5. The Kier molecular flexibility index (Phi) is 6.11. The number of methoxy groups -OCH3 is 4. The second kappa shape index (κ2) is 7.59. The van der Waals surface area contributed by atoms with E-state index in [2.05, 4.69) is 5.32 Å². The van der Waals surface area contributed by atoms with Crippen LogP contribution in [0, 0.1) is 0 Å². The van der Waals surface area contributed by atoms with Gasteiger partial charge in [-0.05, 0) is 18.7 Å². The summed E-state index contributed by atoms with van der Waals surface area (Å²) in [5.74, 6) is 1.04. The van der Waals surface area contributed by atoms with E-state index in [0.29, 0.717) is 29.4 Å². The van der Waals surface area contributed by atoms with Crippen molar-refractivity contribution in [3.8, 4) is 17.2 Å². The number of hydrogen-bond acceptors (Lipinski definition) is 6. The third-order valence-electron chi connectivity index (χ3n) is 2.89. The van der Waals surface area contributed by atoms with Crippen LogP contribution in [-0.2, 0) is 9.53 Å². The average Bonchev–Trinajstić information content (AvgIpc) is 2.50. The molecule has 0 radical (unpaired) electrons. The van der Waals surface area contributed by atoms with Gasteiger partial charge in [0.2, 0.25) is 5.75 Å². The molecule has 0 saturated carbocycles. The molecule has 1 aromatic rings. The van der Waals surface area contributed by atoms with Gasteiger partial charge in [-0.15, -0.1) is 0 Å². The number of hydrogen-bond donors (Lipinski definition) is 1. The highest BCUT2D eigenvalue weighted by atomic mass is 16.5. The number of rotatable bonds is 7. The zero-order chi connectivity index (χ0) is 15.1. The third-order valence-corrected chi connectivity index (χ3v) is 2.89. The Morgan fingerprint density at radius 2 is 1.75 bits per heavy atom. The minimum absolute atomic E-state index is 0.391. The molecule has 0 amide bonds. The summed E-state index contributed by atoms with van der Waals surface area (Å²) < 4.78 is 20.7. The number of carbonyl (C=O) groups excluding carboxylic acids is 1. The van der Waals surface area contributed by atoms with Crippen LogP contribution in [0.2, 0.25) is 0 Å². The molecule has 0 saturated heterocycles. The first-order valence-corrected chi connectivity index (χ1v) is 6.24. The first-order valence-electron chi connectivity index (χ1n) is 6.24. The van der Waals surface area contributed by atoms with Gasteiger partial charge in [-0.25, -0.2) is 4.79 Å². The predicted octanol–water partition coefficient (Wildman–Crippen LogP) is 1.54. The molecule has 1 atom stereocenters. The largest absolute Gasteiger partial charge is 0.493 e. The fraction of sp³-hybridized carbons (Fsp3) is 0.500. The van der Waals surface area contributed by atoms with Gasteiger partial charge in [-0.1, -0.05) is 6.92 Å². The summed E-state index contributed by atoms with van der Waals surface area (Å²) >= 11 is 0. The van der Waals surface area contributed by atoms with Gasteiger partial charge in [0.25, 0.3) is 0 Å². The molecule has 6 heteroatoms. The topological polar surface area (TPSA) is 66.0 Å². The maximum absolute atomic E-state index is 11.9. The second-order valence-corrected chi connectivity index (χ2v) is 3.94. The Balaban J connectivity index is 3.37.